The summed E-state index contributed by atoms with van der Waals surface area (Å²) in [5, 5.41) is 0. The van der Waals surface area contributed by atoms with Crippen molar-refractivity contribution >= 4 is 29.4 Å². The lowest BCUT2D eigenvalue weighted by molar-refractivity contribution is -0.145. The smallest absolute Gasteiger partial charge is 0.236 e. The molecule has 1 aromatic carbocycles. The summed E-state index contributed by atoms with van der Waals surface area (Å²) in [7, 11) is 1.63. The van der Waals surface area contributed by atoms with E-state index in [0.29, 0.717) is 0 Å². The molecule has 6 heteroatoms. The van der Waals surface area contributed by atoms with Crippen LogP contribution in [0.1, 0.15) is 58.4 Å². The highest BCUT2D eigenvalue weighted by Gasteiger charge is 2.65. The minimum Gasteiger partial charge on any atom is -0.497 e. The highest BCUT2D eigenvalue weighted by atomic mass is 16.5. The second-order valence-electron chi connectivity index (χ2n) is 10.6. The Morgan fingerprint density at radius 2 is 1.72 bits per heavy atom. The van der Waals surface area contributed by atoms with E-state index in [1.807, 2.05) is 56.0 Å². The number of hydrogen-bond acceptors (Lipinski definition) is 5. The fourth-order valence-electron chi connectivity index (χ4n) is 6.14. The zero-order valence-corrected chi connectivity index (χ0v) is 19.3. The summed E-state index contributed by atoms with van der Waals surface area (Å²) in [4.78, 5) is 44.8. The summed E-state index contributed by atoms with van der Waals surface area (Å²) < 4.78 is 5.38. The molecular weight excluding hydrogens is 404 g/mol. The molecule has 0 radical (unpaired) electrons. The molecule has 4 aliphatic rings. The van der Waals surface area contributed by atoms with E-state index in [2.05, 4.69) is 0 Å². The van der Waals surface area contributed by atoms with E-state index >= 15 is 0 Å². The molecule has 2 amide bonds. The first-order chi connectivity index (χ1) is 15.2. The van der Waals surface area contributed by atoms with Crippen molar-refractivity contribution in [1.82, 2.24) is 4.90 Å². The van der Waals surface area contributed by atoms with Crippen molar-refractivity contribution in [1.29, 1.82) is 0 Å². The van der Waals surface area contributed by atoms with Gasteiger partial charge in [0.15, 0.2) is 5.78 Å². The molecule has 1 aliphatic carbocycles. The molecule has 0 N–H and O–H groups in total. The number of nitrogens with zero attached hydrogens (tertiary/aromatic N) is 2. The number of anilines is 1. The Balaban J connectivity index is 1.60. The standard InChI is InChI=1S/C26H32N2O4/c1-26(2,3)23(29)22-21-20(24(30)27(25(21)31)16-8-6-5-7-9-16)19-12-10-15-14-17(32-4)11-13-18(15)28(19)22/h10-14,16,19-22H,5-9H2,1-4H3/t19-,20+,21-,22-/m1/s1. The first kappa shape index (κ1) is 21.2. The van der Waals surface area contributed by atoms with Gasteiger partial charge >= 0.3 is 0 Å². The third kappa shape index (κ3) is 3.02. The van der Waals surface area contributed by atoms with Crippen LogP contribution in [0.2, 0.25) is 0 Å². The van der Waals surface area contributed by atoms with Gasteiger partial charge in [0, 0.05) is 22.7 Å². The van der Waals surface area contributed by atoms with E-state index in [1.165, 1.54) is 0 Å². The van der Waals surface area contributed by atoms with Crippen molar-refractivity contribution in [3.05, 3.63) is 29.8 Å². The molecule has 170 valence electrons. The summed E-state index contributed by atoms with van der Waals surface area (Å²) >= 11 is 0. The molecule has 3 fully saturated rings. The van der Waals surface area contributed by atoms with Gasteiger partial charge in [0.1, 0.15) is 11.8 Å². The number of methoxy groups -OCH3 is 1. The van der Waals surface area contributed by atoms with Crippen molar-refractivity contribution in [2.24, 2.45) is 17.3 Å². The number of carbonyl (C=O) groups is 3. The Labute approximate surface area is 189 Å². The lowest BCUT2D eigenvalue weighted by Crippen LogP contribution is -2.53. The van der Waals surface area contributed by atoms with Crippen LogP contribution in [-0.2, 0) is 14.4 Å². The van der Waals surface area contributed by atoms with Gasteiger partial charge in [0.05, 0.1) is 25.0 Å². The Kier molecular flexibility index (Phi) is 4.95. The van der Waals surface area contributed by atoms with Crippen LogP contribution in [0.25, 0.3) is 6.08 Å². The number of hydrogen-bond donors (Lipinski definition) is 0. The number of likely N-dealkylation sites (tertiary alicyclic amines) is 1. The fourth-order valence-corrected chi connectivity index (χ4v) is 6.14. The highest BCUT2D eigenvalue weighted by Crippen LogP contribution is 2.51. The summed E-state index contributed by atoms with van der Waals surface area (Å²) in [5.74, 6) is -0.620. The maximum absolute atomic E-state index is 13.8. The number of rotatable bonds is 3. The van der Waals surface area contributed by atoms with Gasteiger partial charge in [-0.15, -0.1) is 0 Å². The second kappa shape index (κ2) is 7.46. The minimum atomic E-state index is -0.646. The molecule has 3 aliphatic heterocycles. The van der Waals surface area contributed by atoms with Crippen LogP contribution in [0.4, 0.5) is 5.69 Å². The molecule has 4 atom stereocenters. The Morgan fingerprint density at radius 1 is 1.03 bits per heavy atom. The molecule has 0 spiro atoms. The lowest BCUT2D eigenvalue weighted by atomic mass is 9.79. The Morgan fingerprint density at radius 3 is 2.38 bits per heavy atom. The van der Waals surface area contributed by atoms with E-state index in [1.54, 1.807) is 12.0 Å². The fraction of sp³-hybridized carbons (Fsp3) is 0.577. The van der Waals surface area contributed by atoms with Gasteiger partial charge in [0.2, 0.25) is 11.8 Å². The summed E-state index contributed by atoms with van der Waals surface area (Å²) in [6.07, 6.45) is 9.01. The van der Waals surface area contributed by atoms with Gasteiger partial charge in [-0.1, -0.05) is 52.2 Å². The lowest BCUT2D eigenvalue weighted by Gasteiger charge is -2.39. The zero-order chi connectivity index (χ0) is 22.8. The molecular formula is C26H32N2O4. The first-order valence-electron chi connectivity index (χ1n) is 11.8. The number of benzene rings is 1. The molecule has 5 rings (SSSR count). The number of ketones is 1. The molecule has 1 saturated carbocycles. The van der Waals surface area contributed by atoms with Crippen molar-refractivity contribution in [2.45, 2.75) is 71.0 Å². The molecule has 6 nitrogen and oxygen atoms in total. The average molecular weight is 437 g/mol. The largest absolute Gasteiger partial charge is 0.497 e. The van der Waals surface area contributed by atoms with Crippen molar-refractivity contribution in [3.63, 3.8) is 0 Å². The summed E-state index contributed by atoms with van der Waals surface area (Å²) in [6.45, 7) is 5.69. The van der Waals surface area contributed by atoms with E-state index in [0.717, 1.165) is 49.1 Å². The zero-order valence-electron chi connectivity index (χ0n) is 19.3. The molecule has 2 saturated heterocycles. The molecule has 0 bridgehead atoms. The number of amides is 2. The predicted molar refractivity (Wildman–Crippen MR) is 122 cm³/mol. The van der Waals surface area contributed by atoms with Gasteiger partial charge in [-0.3, -0.25) is 19.3 Å². The average Bonchev–Trinajstić information content (AvgIpc) is 3.25. The van der Waals surface area contributed by atoms with Crippen LogP contribution < -0.4 is 9.64 Å². The normalized spacial score (nSPS) is 29.8. The van der Waals surface area contributed by atoms with E-state index in [-0.39, 0.29) is 29.7 Å². The van der Waals surface area contributed by atoms with E-state index < -0.39 is 23.3 Å². The molecule has 0 aromatic heterocycles. The predicted octanol–water partition coefficient (Wildman–Crippen LogP) is 3.83. The number of fused-ring (bicyclic) bond motifs is 5. The molecule has 3 heterocycles. The van der Waals surface area contributed by atoms with Crippen LogP contribution in [0.5, 0.6) is 5.75 Å². The topological polar surface area (TPSA) is 66.9 Å². The number of ether oxygens (including phenoxy) is 1. The molecule has 1 aromatic rings. The highest BCUT2D eigenvalue weighted by molar-refractivity contribution is 6.12. The van der Waals surface area contributed by atoms with Crippen molar-refractivity contribution in [3.8, 4) is 5.75 Å². The summed E-state index contributed by atoms with van der Waals surface area (Å²) in [5.41, 5.74) is 1.20. The van der Waals surface area contributed by atoms with Crippen LogP contribution in [0.15, 0.2) is 24.3 Å². The van der Waals surface area contributed by atoms with Crippen molar-refractivity contribution in [2.75, 3.05) is 12.0 Å². The number of imide groups is 1. The second-order valence-corrected chi connectivity index (χ2v) is 10.6. The Bertz CT molecular complexity index is 1000. The maximum Gasteiger partial charge on any atom is 0.236 e. The van der Waals surface area contributed by atoms with Crippen LogP contribution in [0, 0.1) is 17.3 Å². The molecule has 32 heavy (non-hydrogen) atoms. The van der Waals surface area contributed by atoms with E-state index in [9.17, 15) is 14.4 Å². The third-order valence-electron chi connectivity index (χ3n) is 7.69. The quantitative estimate of drug-likeness (QED) is 0.674. The van der Waals surface area contributed by atoms with Gasteiger partial charge < -0.3 is 9.64 Å². The van der Waals surface area contributed by atoms with Gasteiger partial charge in [-0.05, 0) is 31.0 Å². The monoisotopic (exact) mass is 436 g/mol. The van der Waals surface area contributed by atoms with Crippen molar-refractivity contribution < 1.29 is 19.1 Å². The first-order valence-corrected chi connectivity index (χ1v) is 11.8. The minimum absolute atomic E-state index is 0.0127. The van der Waals surface area contributed by atoms with Gasteiger partial charge in [0.25, 0.3) is 0 Å². The van der Waals surface area contributed by atoms with Gasteiger partial charge in [-0.2, -0.15) is 0 Å². The number of carbonyl (C=O) groups excluding carboxylic acids is 3. The molecule has 0 unspecified atom stereocenters. The number of Topliss-reactive ketones (excluding diaryl/α,β-unsaturated/α-hetero) is 1. The van der Waals surface area contributed by atoms with Gasteiger partial charge in [-0.25, -0.2) is 0 Å². The summed E-state index contributed by atoms with van der Waals surface area (Å²) in [6, 6.07) is 4.81. The SMILES string of the molecule is COc1ccc2c(c1)C=C[C@@H]1[C@@H]3C(=O)N(C4CCCCC4)C(=O)[C@H]3[C@H](C(=O)C(C)(C)C)N21. The third-order valence-corrected chi connectivity index (χ3v) is 7.69. The van der Waals surface area contributed by atoms with Crippen LogP contribution in [0.3, 0.4) is 0 Å². The van der Waals surface area contributed by atoms with E-state index in [4.69, 9.17) is 4.74 Å². The Hall–Kier alpha value is -2.63. The van der Waals surface area contributed by atoms with Crippen LogP contribution in [-0.4, -0.2) is 47.7 Å². The van der Waals surface area contributed by atoms with Crippen LogP contribution >= 0.6 is 0 Å². The maximum atomic E-state index is 13.8.